The maximum atomic E-state index is 10.6. The number of hydrogen-bond donors (Lipinski definition) is 0. The predicted octanol–water partition coefficient (Wildman–Crippen LogP) is 3.13. The van der Waals surface area contributed by atoms with Crippen LogP contribution in [0.4, 0.5) is 0 Å². The van der Waals surface area contributed by atoms with Crippen LogP contribution in [0.25, 0.3) is 11.3 Å². The summed E-state index contributed by atoms with van der Waals surface area (Å²) >= 11 is 1.50. The fourth-order valence-electron chi connectivity index (χ4n) is 1.18. The van der Waals surface area contributed by atoms with Gasteiger partial charge in [-0.05, 0) is 19.1 Å². The molecule has 0 fully saturated rings. The van der Waals surface area contributed by atoms with Crippen LogP contribution in [-0.4, -0.2) is 6.29 Å². The maximum Gasteiger partial charge on any atom is 0.151 e. The zero-order valence-corrected chi connectivity index (χ0v) is 7.93. The molecular formula is C10H8O2S. The van der Waals surface area contributed by atoms with E-state index in [0.717, 1.165) is 23.4 Å². The van der Waals surface area contributed by atoms with Crippen LogP contribution in [-0.2, 0) is 0 Å². The van der Waals surface area contributed by atoms with Crippen molar-refractivity contribution in [2.75, 3.05) is 0 Å². The monoisotopic (exact) mass is 192 g/mol. The number of furan rings is 1. The van der Waals surface area contributed by atoms with E-state index in [1.54, 1.807) is 0 Å². The van der Waals surface area contributed by atoms with Gasteiger partial charge in [-0.15, -0.1) is 0 Å². The highest BCUT2D eigenvalue weighted by atomic mass is 32.1. The standard InChI is InChI=1S/C10H8O2S/c1-7-2-3-10(12-7)9-6-13-5-8(9)4-11/h2-6H,1H3. The normalized spacial score (nSPS) is 10.2. The molecule has 0 radical (unpaired) electrons. The third kappa shape index (κ3) is 1.42. The van der Waals surface area contributed by atoms with Crippen molar-refractivity contribution in [2.45, 2.75) is 6.92 Å². The van der Waals surface area contributed by atoms with Gasteiger partial charge in [0, 0.05) is 21.9 Å². The Morgan fingerprint density at radius 3 is 2.85 bits per heavy atom. The highest BCUT2D eigenvalue weighted by Gasteiger charge is 2.08. The number of carbonyl (C=O) groups excluding carboxylic acids is 1. The first-order valence-electron chi connectivity index (χ1n) is 3.89. The molecule has 0 atom stereocenters. The van der Waals surface area contributed by atoms with Crippen molar-refractivity contribution in [3.05, 3.63) is 34.2 Å². The van der Waals surface area contributed by atoms with Gasteiger partial charge in [-0.3, -0.25) is 4.79 Å². The zero-order valence-electron chi connectivity index (χ0n) is 7.11. The molecule has 0 saturated carbocycles. The van der Waals surface area contributed by atoms with Crippen molar-refractivity contribution in [3.63, 3.8) is 0 Å². The van der Waals surface area contributed by atoms with Crippen LogP contribution in [0.1, 0.15) is 16.1 Å². The minimum absolute atomic E-state index is 0.694. The first-order chi connectivity index (χ1) is 6.31. The van der Waals surface area contributed by atoms with Crippen LogP contribution in [0.5, 0.6) is 0 Å². The number of rotatable bonds is 2. The van der Waals surface area contributed by atoms with Crippen molar-refractivity contribution < 1.29 is 9.21 Å². The molecular weight excluding hydrogens is 184 g/mol. The fourth-order valence-corrected chi connectivity index (χ4v) is 1.96. The molecule has 0 aliphatic rings. The molecule has 0 amide bonds. The smallest absolute Gasteiger partial charge is 0.151 e. The molecule has 0 aliphatic carbocycles. The van der Waals surface area contributed by atoms with Crippen molar-refractivity contribution in [3.8, 4) is 11.3 Å². The van der Waals surface area contributed by atoms with Gasteiger partial charge in [-0.2, -0.15) is 11.3 Å². The quantitative estimate of drug-likeness (QED) is 0.684. The molecule has 0 N–H and O–H groups in total. The van der Waals surface area contributed by atoms with Crippen molar-refractivity contribution in [1.82, 2.24) is 0 Å². The summed E-state index contributed by atoms with van der Waals surface area (Å²) in [5, 5.41) is 3.74. The van der Waals surface area contributed by atoms with E-state index in [2.05, 4.69) is 0 Å². The minimum Gasteiger partial charge on any atom is -0.461 e. The topological polar surface area (TPSA) is 30.2 Å². The van der Waals surface area contributed by atoms with E-state index in [4.69, 9.17) is 4.42 Å². The predicted molar refractivity (Wildman–Crippen MR) is 52.1 cm³/mol. The summed E-state index contributed by atoms with van der Waals surface area (Å²) in [6.07, 6.45) is 0.851. The average Bonchev–Trinajstić information content (AvgIpc) is 2.71. The third-order valence-electron chi connectivity index (χ3n) is 1.82. The highest BCUT2D eigenvalue weighted by Crippen LogP contribution is 2.27. The number of aldehydes is 1. The second kappa shape index (κ2) is 3.18. The van der Waals surface area contributed by atoms with E-state index in [9.17, 15) is 4.79 Å². The van der Waals surface area contributed by atoms with E-state index in [1.807, 2.05) is 29.8 Å². The lowest BCUT2D eigenvalue weighted by Gasteiger charge is -1.92. The number of thiophene rings is 1. The second-order valence-electron chi connectivity index (χ2n) is 2.77. The fraction of sp³-hybridized carbons (Fsp3) is 0.100. The molecule has 13 heavy (non-hydrogen) atoms. The van der Waals surface area contributed by atoms with Gasteiger partial charge >= 0.3 is 0 Å². The Hall–Kier alpha value is -1.35. The Morgan fingerprint density at radius 1 is 1.38 bits per heavy atom. The third-order valence-corrected chi connectivity index (χ3v) is 2.59. The Morgan fingerprint density at radius 2 is 2.23 bits per heavy atom. The molecule has 0 bridgehead atoms. The van der Waals surface area contributed by atoms with Crippen molar-refractivity contribution >= 4 is 17.6 Å². The lowest BCUT2D eigenvalue weighted by atomic mass is 10.2. The van der Waals surface area contributed by atoms with Gasteiger partial charge in [0.2, 0.25) is 0 Å². The van der Waals surface area contributed by atoms with E-state index in [-0.39, 0.29) is 0 Å². The summed E-state index contributed by atoms with van der Waals surface area (Å²) in [7, 11) is 0. The van der Waals surface area contributed by atoms with E-state index in [0.29, 0.717) is 5.56 Å². The van der Waals surface area contributed by atoms with Gasteiger partial charge in [0.25, 0.3) is 0 Å². The molecule has 2 rings (SSSR count). The summed E-state index contributed by atoms with van der Waals surface area (Å²) < 4.78 is 5.42. The first-order valence-corrected chi connectivity index (χ1v) is 4.83. The van der Waals surface area contributed by atoms with Gasteiger partial charge in [0.15, 0.2) is 6.29 Å². The molecule has 2 aromatic heterocycles. The zero-order chi connectivity index (χ0) is 9.26. The molecule has 0 aromatic carbocycles. The Bertz CT molecular complexity index is 426. The SMILES string of the molecule is Cc1ccc(-c2cscc2C=O)o1. The number of aryl methyl sites for hydroxylation is 1. The van der Waals surface area contributed by atoms with Crippen molar-refractivity contribution in [1.29, 1.82) is 0 Å². The van der Waals surface area contributed by atoms with Crippen LogP contribution in [0.3, 0.4) is 0 Å². The van der Waals surface area contributed by atoms with Crippen LogP contribution in [0.15, 0.2) is 27.3 Å². The molecule has 0 saturated heterocycles. The first kappa shape index (κ1) is 8.26. The molecule has 3 heteroatoms. The molecule has 2 heterocycles. The van der Waals surface area contributed by atoms with E-state index < -0.39 is 0 Å². The molecule has 2 nitrogen and oxygen atoms in total. The van der Waals surface area contributed by atoms with Gasteiger partial charge in [-0.25, -0.2) is 0 Å². The summed E-state index contributed by atoms with van der Waals surface area (Å²) in [5.41, 5.74) is 1.58. The largest absolute Gasteiger partial charge is 0.461 e. The van der Waals surface area contributed by atoms with Crippen LogP contribution in [0, 0.1) is 6.92 Å². The Balaban J connectivity index is 2.51. The highest BCUT2D eigenvalue weighted by molar-refractivity contribution is 7.08. The number of carbonyl (C=O) groups is 1. The van der Waals surface area contributed by atoms with E-state index >= 15 is 0 Å². The molecule has 0 unspecified atom stereocenters. The van der Waals surface area contributed by atoms with Gasteiger partial charge < -0.3 is 4.42 Å². The van der Waals surface area contributed by atoms with Crippen LogP contribution >= 0.6 is 11.3 Å². The van der Waals surface area contributed by atoms with Crippen LogP contribution < -0.4 is 0 Å². The maximum absolute atomic E-state index is 10.6. The lowest BCUT2D eigenvalue weighted by Crippen LogP contribution is -1.77. The van der Waals surface area contributed by atoms with Gasteiger partial charge in [-0.1, -0.05) is 0 Å². The van der Waals surface area contributed by atoms with Gasteiger partial charge in [0.05, 0.1) is 0 Å². The van der Waals surface area contributed by atoms with E-state index in [1.165, 1.54) is 11.3 Å². The molecule has 0 aliphatic heterocycles. The second-order valence-corrected chi connectivity index (χ2v) is 3.51. The molecule has 66 valence electrons. The average molecular weight is 192 g/mol. The molecule has 0 spiro atoms. The molecule has 2 aromatic rings. The van der Waals surface area contributed by atoms with Crippen molar-refractivity contribution in [2.24, 2.45) is 0 Å². The minimum atomic E-state index is 0.694. The van der Waals surface area contributed by atoms with Crippen LogP contribution in [0.2, 0.25) is 0 Å². The summed E-state index contributed by atoms with van der Waals surface area (Å²) in [6.45, 7) is 1.89. The Labute approximate surface area is 79.8 Å². The summed E-state index contributed by atoms with van der Waals surface area (Å²) in [6, 6.07) is 3.77. The Kier molecular flexibility index (Phi) is 2.02. The summed E-state index contributed by atoms with van der Waals surface area (Å²) in [5.74, 6) is 1.62. The van der Waals surface area contributed by atoms with Gasteiger partial charge in [0.1, 0.15) is 11.5 Å². The lowest BCUT2D eigenvalue weighted by molar-refractivity contribution is 0.112. The number of hydrogen-bond acceptors (Lipinski definition) is 3. The summed E-state index contributed by atoms with van der Waals surface area (Å²) in [4.78, 5) is 10.6.